The van der Waals surface area contributed by atoms with Crippen LogP contribution in [0.3, 0.4) is 0 Å². The summed E-state index contributed by atoms with van der Waals surface area (Å²) in [6, 6.07) is 17.8. The Morgan fingerprint density at radius 1 is 0.939 bits per heavy atom. The van der Waals surface area contributed by atoms with Gasteiger partial charge < -0.3 is 9.80 Å². The number of hydrogen-bond donors (Lipinski definition) is 0. The first-order valence-electron chi connectivity index (χ1n) is 11.3. The fourth-order valence-corrected chi connectivity index (χ4v) is 4.53. The summed E-state index contributed by atoms with van der Waals surface area (Å²) in [7, 11) is 0. The van der Waals surface area contributed by atoms with Gasteiger partial charge in [0.25, 0.3) is 0 Å². The molecule has 33 heavy (non-hydrogen) atoms. The van der Waals surface area contributed by atoms with Crippen LogP contribution in [0.1, 0.15) is 41.8 Å². The molecule has 0 unspecified atom stereocenters. The number of aryl methyl sites for hydroxylation is 1. The van der Waals surface area contributed by atoms with Gasteiger partial charge in [0.2, 0.25) is 11.8 Å². The molecule has 2 aromatic carbocycles. The van der Waals surface area contributed by atoms with E-state index < -0.39 is 0 Å². The molecule has 0 aliphatic carbocycles. The Labute approximate surface area is 199 Å². The van der Waals surface area contributed by atoms with Crippen molar-refractivity contribution in [3.8, 4) is 0 Å². The molecule has 0 aliphatic rings. The molecule has 0 bridgehead atoms. The number of halogens is 1. The van der Waals surface area contributed by atoms with Gasteiger partial charge in [-0.3, -0.25) is 9.59 Å². The summed E-state index contributed by atoms with van der Waals surface area (Å²) in [6.07, 6.45) is 0.881. The van der Waals surface area contributed by atoms with Gasteiger partial charge in [0.1, 0.15) is 12.4 Å². The zero-order chi connectivity index (χ0) is 23.8. The first kappa shape index (κ1) is 24.6. The van der Waals surface area contributed by atoms with Crippen molar-refractivity contribution in [3.63, 3.8) is 0 Å². The molecule has 1 aromatic heterocycles. The number of carbonyl (C=O) groups excluding carboxylic acids is 2. The third-order valence-corrected chi connectivity index (χ3v) is 6.90. The Balaban J connectivity index is 1.78. The van der Waals surface area contributed by atoms with Gasteiger partial charge in [0.15, 0.2) is 0 Å². The van der Waals surface area contributed by atoms with Crippen LogP contribution in [0.2, 0.25) is 0 Å². The average molecular weight is 467 g/mol. The predicted molar refractivity (Wildman–Crippen MR) is 131 cm³/mol. The molecule has 0 saturated carbocycles. The Morgan fingerprint density at radius 2 is 1.64 bits per heavy atom. The molecule has 0 radical (unpaired) electrons. The lowest BCUT2D eigenvalue weighted by Gasteiger charge is -2.31. The number of thiophene rings is 1. The van der Waals surface area contributed by atoms with Crippen LogP contribution >= 0.6 is 11.3 Å². The second-order valence-electron chi connectivity index (χ2n) is 8.34. The number of nitrogens with zero attached hydrogens (tertiary/aromatic N) is 2. The van der Waals surface area contributed by atoms with Gasteiger partial charge in [-0.2, -0.15) is 0 Å². The maximum Gasteiger partial charge on any atom is 0.242 e. The molecule has 0 aliphatic heterocycles. The molecule has 0 saturated heterocycles. The molecule has 0 N–H and O–H groups in total. The maximum atomic E-state index is 13.5. The van der Waals surface area contributed by atoms with Gasteiger partial charge >= 0.3 is 0 Å². The number of amides is 2. The number of carbonyl (C=O) groups is 2. The van der Waals surface area contributed by atoms with Gasteiger partial charge in [-0.1, -0.05) is 49.4 Å². The van der Waals surface area contributed by atoms with Crippen molar-refractivity contribution in [3.05, 3.63) is 93.4 Å². The monoisotopic (exact) mass is 466 g/mol. The molecule has 3 rings (SSSR count). The first-order valence-corrected chi connectivity index (χ1v) is 12.1. The summed E-state index contributed by atoms with van der Waals surface area (Å²) in [5, 5.41) is 2.04. The highest BCUT2D eigenvalue weighted by atomic mass is 32.1. The molecule has 3 aromatic rings. The van der Waals surface area contributed by atoms with Gasteiger partial charge in [0.05, 0.1) is 13.0 Å². The van der Waals surface area contributed by atoms with Crippen LogP contribution in [0.25, 0.3) is 0 Å². The Kier molecular flexibility index (Phi) is 8.78. The average Bonchev–Trinajstić information content (AvgIpc) is 3.22. The van der Waals surface area contributed by atoms with Crippen LogP contribution in [0.4, 0.5) is 4.39 Å². The van der Waals surface area contributed by atoms with Crippen LogP contribution in [0.5, 0.6) is 0 Å². The second kappa shape index (κ2) is 11.8. The van der Waals surface area contributed by atoms with E-state index in [4.69, 9.17) is 0 Å². The SMILES string of the molecule is CC[C@@H](C)N(CC(=O)N(Cc1ccccc1)Cc1sccc1C)C(=O)Cc1ccc(F)cc1. The van der Waals surface area contributed by atoms with Crippen LogP contribution in [0, 0.1) is 12.7 Å². The van der Waals surface area contributed by atoms with E-state index in [1.165, 1.54) is 12.1 Å². The van der Waals surface area contributed by atoms with Gasteiger partial charge in [0, 0.05) is 17.5 Å². The standard InChI is InChI=1S/C27H31FN2O2S/c1-4-21(3)30(26(31)16-22-10-12-24(28)13-11-22)19-27(32)29(17-23-8-6-5-7-9-23)18-25-20(2)14-15-33-25/h5-15,21H,4,16-19H2,1-3H3/t21-/m1/s1. The van der Waals surface area contributed by atoms with E-state index in [0.717, 1.165) is 28.0 Å². The van der Waals surface area contributed by atoms with E-state index in [9.17, 15) is 14.0 Å². The highest BCUT2D eigenvalue weighted by Crippen LogP contribution is 2.20. The molecule has 0 fully saturated rings. The van der Waals surface area contributed by atoms with Crippen LogP contribution in [-0.2, 0) is 29.1 Å². The van der Waals surface area contributed by atoms with Gasteiger partial charge in [-0.15, -0.1) is 11.3 Å². The lowest BCUT2D eigenvalue weighted by Crippen LogP contribution is -2.46. The molecular formula is C27H31FN2O2S. The highest BCUT2D eigenvalue weighted by Gasteiger charge is 2.25. The van der Waals surface area contributed by atoms with E-state index in [1.54, 1.807) is 28.4 Å². The number of rotatable bonds is 10. The Hall–Kier alpha value is -2.99. The van der Waals surface area contributed by atoms with Crippen molar-refractivity contribution in [1.29, 1.82) is 0 Å². The summed E-state index contributed by atoms with van der Waals surface area (Å²) in [5.74, 6) is -0.545. The van der Waals surface area contributed by atoms with Crippen molar-refractivity contribution in [2.45, 2.75) is 52.7 Å². The fraction of sp³-hybridized carbons (Fsp3) is 0.333. The second-order valence-corrected chi connectivity index (χ2v) is 9.35. The first-order chi connectivity index (χ1) is 15.9. The minimum atomic E-state index is -0.333. The van der Waals surface area contributed by atoms with Gasteiger partial charge in [-0.05, 0) is 60.5 Å². The Morgan fingerprint density at radius 3 is 2.24 bits per heavy atom. The maximum absolute atomic E-state index is 13.5. The predicted octanol–water partition coefficient (Wildman–Crippen LogP) is 5.59. The van der Waals surface area contributed by atoms with Crippen LogP contribution in [0.15, 0.2) is 66.0 Å². The van der Waals surface area contributed by atoms with Gasteiger partial charge in [-0.25, -0.2) is 4.39 Å². The minimum absolute atomic E-state index is 0.0201. The van der Waals surface area contributed by atoms with Crippen LogP contribution in [-0.4, -0.2) is 34.2 Å². The van der Waals surface area contributed by atoms with Crippen molar-refractivity contribution in [2.24, 2.45) is 0 Å². The number of benzene rings is 2. The summed E-state index contributed by atoms with van der Waals surface area (Å²) < 4.78 is 13.2. The summed E-state index contributed by atoms with van der Waals surface area (Å²) in [5.41, 5.74) is 2.95. The van der Waals surface area contributed by atoms with E-state index in [0.29, 0.717) is 13.1 Å². The largest absolute Gasteiger partial charge is 0.332 e. The molecule has 4 nitrogen and oxygen atoms in total. The van der Waals surface area contributed by atoms with E-state index in [2.05, 4.69) is 13.0 Å². The summed E-state index contributed by atoms with van der Waals surface area (Å²) >= 11 is 1.64. The zero-order valence-electron chi connectivity index (χ0n) is 19.5. The number of hydrogen-bond acceptors (Lipinski definition) is 3. The molecule has 6 heteroatoms. The van der Waals surface area contributed by atoms with Crippen molar-refractivity contribution in [1.82, 2.24) is 9.80 Å². The van der Waals surface area contributed by atoms with Crippen molar-refractivity contribution >= 4 is 23.2 Å². The normalized spacial score (nSPS) is 11.8. The summed E-state index contributed by atoms with van der Waals surface area (Å²) in [6.45, 7) is 7.03. The minimum Gasteiger partial charge on any atom is -0.332 e. The molecular weight excluding hydrogens is 435 g/mol. The Bertz CT molecular complexity index is 1050. The van der Waals surface area contributed by atoms with E-state index >= 15 is 0 Å². The zero-order valence-corrected chi connectivity index (χ0v) is 20.3. The topological polar surface area (TPSA) is 40.6 Å². The van der Waals surface area contributed by atoms with E-state index in [-0.39, 0.29) is 36.6 Å². The molecule has 1 atom stereocenters. The van der Waals surface area contributed by atoms with E-state index in [1.807, 2.05) is 54.5 Å². The van der Waals surface area contributed by atoms with Crippen molar-refractivity contribution < 1.29 is 14.0 Å². The quantitative estimate of drug-likeness (QED) is 0.391. The smallest absolute Gasteiger partial charge is 0.242 e. The lowest BCUT2D eigenvalue weighted by atomic mass is 10.1. The summed E-state index contributed by atoms with van der Waals surface area (Å²) in [4.78, 5) is 31.3. The molecule has 1 heterocycles. The van der Waals surface area contributed by atoms with Crippen LogP contribution < -0.4 is 0 Å². The third-order valence-electron chi connectivity index (χ3n) is 5.89. The molecule has 174 valence electrons. The third kappa shape index (κ3) is 6.99. The molecule has 2 amide bonds. The highest BCUT2D eigenvalue weighted by molar-refractivity contribution is 7.10. The lowest BCUT2D eigenvalue weighted by molar-refractivity contribution is -0.142. The molecule has 0 spiro atoms. The van der Waals surface area contributed by atoms with Crippen molar-refractivity contribution in [2.75, 3.05) is 6.54 Å². The fourth-order valence-electron chi connectivity index (χ4n) is 3.61.